The van der Waals surface area contributed by atoms with Crippen molar-refractivity contribution in [2.75, 3.05) is 19.6 Å². The molecule has 0 aromatic rings. The van der Waals surface area contributed by atoms with Crippen molar-refractivity contribution >= 4 is 11.8 Å². The molecule has 0 spiro atoms. The van der Waals surface area contributed by atoms with E-state index in [0.717, 1.165) is 6.42 Å². The Balaban J connectivity index is 2.45. The molecule has 0 aromatic heterocycles. The molecule has 1 heterocycles. The van der Waals surface area contributed by atoms with Crippen LogP contribution in [0.2, 0.25) is 0 Å². The summed E-state index contributed by atoms with van der Waals surface area (Å²) in [5, 5.41) is 12.7. The highest BCUT2D eigenvalue weighted by Gasteiger charge is 2.40. The Labute approximate surface area is 134 Å². The standard InChI is InChI=1S/C15H25F3N2O3/c1-10(2)4-5-14(3,23)8-19-13(22)11-6-12(21)20(7-11)9-15(16,17)18/h10-11,23H,4-9H2,1-3H3,(H,19,22). The van der Waals surface area contributed by atoms with E-state index in [1.165, 1.54) is 0 Å². The maximum atomic E-state index is 12.3. The van der Waals surface area contributed by atoms with Gasteiger partial charge in [0, 0.05) is 19.5 Å². The number of carbonyl (C=O) groups excluding carboxylic acids is 2. The fraction of sp³-hybridized carbons (Fsp3) is 0.867. The van der Waals surface area contributed by atoms with E-state index >= 15 is 0 Å². The minimum absolute atomic E-state index is 0.0164. The van der Waals surface area contributed by atoms with E-state index in [4.69, 9.17) is 0 Å². The van der Waals surface area contributed by atoms with Crippen molar-refractivity contribution in [3.8, 4) is 0 Å². The number of carbonyl (C=O) groups is 2. The van der Waals surface area contributed by atoms with E-state index in [1.807, 2.05) is 13.8 Å². The molecule has 1 saturated heterocycles. The maximum absolute atomic E-state index is 12.3. The van der Waals surface area contributed by atoms with Gasteiger partial charge < -0.3 is 15.3 Å². The van der Waals surface area contributed by atoms with Crippen LogP contribution in [-0.4, -0.2) is 53.2 Å². The maximum Gasteiger partial charge on any atom is 0.406 e. The van der Waals surface area contributed by atoms with Crippen LogP contribution >= 0.6 is 0 Å². The highest BCUT2D eigenvalue weighted by molar-refractivity contribution is 5.89. The normalized spacial score (nSPS) is 21.7. The smallest absolute Gasteiger partial charge is 0.388 e. The monoisotopic (exact) mass is 338 g/mol. The fourth-order valence-corrected chi connectivity index (χ4v) is 2.43. The molecule has 2 amide bonds. The third-order valence-corrected chi connectivity index (χ3v) is 3.86. The molecule has 1 aliphatic rings. The quantitative estimate of drug-likeness (QED) is 0.742. The van der Waals surface area contributed by atoms with Gasteiger partial charge in [0.05, 0.1) is 11.5 Å². The lowest BCUT2D eigenvalue weighted by atomic mass is 9.95. The van der Waals surface area contributed by atoms with Crippen molar-refractivity contribution in [2.24, 2.45) is 11.8 Å². The molecule has 0 aromatic carbocycles. The Morgan fingerprint density at radius 1 is 1.43 bits per heavy atom. The molecule has 0 aliphatic carbocycles. The molecule has 0 saturated carbocycles. The minimum Gasteiger partial charge on any atom is -0.388 e. The largest absolute Gasteiger partial charge is 0.406 e. The molecule has 1 rings (SSSR count). The van der Waals surface area contributed by atoms with Crippen LogP contribution in [0.4, 0.5) is 13.2 Å². The Hall–Kier alpha value is -1.31. The van der Waals surface area contributed by atoms with Crippen molar-refractivity contribution in [2.45, 2.75) is 51.8 Å². The fourth-order valence-electron chi connectivity index (χ4n) is 2.43. The van der Waals surface area contributed by atoms with E-state index in [1.54, 1.807) is 6.92 Å². The van der Waals surface area contributed by atoms with Crippen LogP contribution in [0.1, 0.15) is 40.0 Å². The average Bonchev–Trinajstić information content (AvgIpc) is 2.73. The first kappa shape index (κ1) is 19.7. The first-order chi connectivity index (χ1) is 10.4. The number of halogens is 3. The molecule has 1 aliphatic heterocycles. The van der Waals surface area contributed by atoms with Gasteiger partial charge in [0.15, 0.2) is 0 Å². The molecule has 2 N–H and O–H groups in total. The Kier molecular flexibility index (Phi) is 6.44. The summed E-state index contributed by atoms with van der Waals surface area (Å²) < 4.78 is 37.0. The summed E-state index contributed by atoms with van der Waals surface area (Å²) in [5.41, 5.74) is -1.08. The van der Waals surface area contributed by atoms with Gasteiger partial charge >= 0.3 is 6.18 Å². The van der Waals surface area contributed by atoms with Gasteiger partial charge in [-0.05, 0) is 25.7 Å². The van der Waals surface area contributed by atoms with Gasteiger partial charge in [0.25, 0.3) is 0 Å². The average molecular weight is 338 g/mol. The zero-order chi connectivity index (χ0) is 17.8. The molecule has 2 atom stereocenters. The molecular formula is C15H25F3N2O3. The molecule has 2 unspecified atom stereocenters. The van der Waals surface area contributed by atoms with Gasteiger partial charge in [-0.3, -0.25) is 9.59 Å². The second-order valence-electron chi connectivity index (χ2n) is 6.94. The molecular weight excluding hydrogens is 313 g/mol. The van der Waals surface area contributed by atoms with Gasteiger partial charge in [0.2, 0.25) is 11.8 Å². The Bertz CT molecular complexity index is 436. The Morgan fingerprint density at radius 3 is 2.57 bits per heavy atom. The zero-order valence-electron chi connectivity index (χ0n) is 13.7. The number of rotatable bonds is 7. The lowest BCUT2D eigenvalue weighted by Gasteiger charge is -2.25. The summed E-state index contributed by atoms with van der Waals surface area (Å²) in [6.45, 7) is 4.09. The van der Waals surface area contributed by atoms with E-state index in [0.29, 0.717) is 17.2 Å². The number of hydrogen-bond acceptors (Lipinski definition) is 3. The number of hydrogen-bond donors (Lipinski definition) is 2. The number of nitrogens with one attached hydrogen (secondary N) is 1. The van der Waals surface area contributed by atoms with Crippen molar-refractivity contribution < 1.29 is 27.9 Å². The van der Waals surface area contributed by atoms with E-state index in [2.05, 4.69) is 5.32 Å². The van der Waals surface area contributed by atoms with Crippen molar-refractivity contribution in [3.05, 3.63) is 0 Å². The summed E-state index contributed by atoms with van der Waals surface area (Å²) in [5.74, 6) is -1.55. The van der Waals surface area contributed by atoms with Crippen molar-refractivity contribution in [3.63, 3.8) is 0 Å². The van der Waals surface area contributed by atoms with Crippen LogP contribution in [0.5, 0.6) is 0 Å². The van der Waals surface area contributed by atoms with Gasteiger partial charge in [-0.2, -0.15) is 13.2 Å². The van der Waals surface area contributed by atoms with Crippen LogP contribution in [0.15, 0.2) is 0 Å². The first-order valence-corrected chi connectivity index (χ1v) is 7.74. The van der Waals surface area contributed by atoms with Gasteiger partial charge in [-0.25, -0.2) is 0 Å². The van der Waals surface area contributed by atoms with Crippen LogP contribution in [-0.2, 0) is 9.59 Å². The second-order valence-corrected chi connectivity index (χ2v) is 6.94. The molecule has 8 heteroatoms. The summed E-state index contributed by atoms with van der Waals surface area (Å²) in [4.78, 5) is 24.2. The highest BCUT2D eigenvalue weighted by Crippen LogP contribution is 2.24. The number of aliphatic hydroxyl groups is 1. The zero-order valence-corrected chi connectivity index (χ0v) is 13.7. The van der Waals surface area contributed by atoms with E-state index in [9.17, 15) is 27.9 Å². The van der Waals surface area contributed by atoms with Crippen molar-refractivity contribution in [1.29, 1.82) is 0 Å². The van der Waals surface area contributed by atoms with Gasteiger partial charge in [-0.1, -0.05) is 13.8 Å². The second kappa shape index (κ2) is 7.51. The summed E-state index contributed by atoms with van der Waals surface area (Å²) in [6, 6.07) is 0. The van der Waals surface area contributed by atoms with E-state index < -0.39 is 36.1 Å². The van der Waals surface area contributed by atoms with Crippen LogP contribution in [0.3, 0.4) is 0 Å². The predicted octanol–water partition coefficient (Wildman–Crippen LogP) is 1.70. The van der Waals surface area contributed by atoms with Crippen LogP contribution in [0.25, 0.3) is 0 Å². The van der Waals surface area contributed by atoms with Gasteiger partial charge in [0.1, 0.15) is 6.54 Å². The number of likely N-dealkylation sites (tertiary alicyclic amines) is 1. The lowest BCUT2D eigenvalue weighted by molar-refractivity contribution is -0.157. The predicted molar refractivity (Wildman–Crippen MR) is 78.4 cm³/mol. The summed E-state index contributed by atoms with van der Waals surface area (Å²) in [6.07, 6.45) is -3.39. The van der Waals surface area contributed by atoms with Crippen LogP contribution < -0.4 is 5.32 Å². The van der Waals surface area contributed by atoms with Crippen molar-refractivity contribution in [1.82, 2.24) is 10.2 Å². The lowest BCUT2D eigenvalue weighted by Crippen LogP contribution is -2.43. The summed E-state index contributed by atoms with van der Waals surface area (Å²) in [7, 11) is 0. The Morgan fingerprint density at radius 2 is 2.04 bits per heavy atom. The third-order valence-electron chi connectivity index (χ3n) is 3.86. The SMILES string of the molecule is CC(C)CCC(C)(O)CNC(=O)C1CC(=O)N(CC(F)(F)F)C1. The van der Waals surface area contributed by atoms with Crippen LogP contribution in [0, 0.1) is 11.8 Å². The van der Waals surface area contributed by atoms with Gasteiger partial charge in [-0.15, -0.1) is 0 Å². The minimum atomic E-state index is -4.47. The third kappa shape index (κ3) is 7.20. The molecule has 134 valence electrons. The molecule has 0 radical (unpaired) electrons. The number of alkyl halides is 3. The molecule has 0 bridgehead atoms. The molecule has 23 heavy (non-hydrogen) atoms. The van der Waals surface area contributed by atoms with E-state index in [-0.39, 0.29) is 19.5 Å². The summed E-state index contributed by atoms with van der Waals surface area (Å²) >= 11 is 0. The number of nitrogens with zero attached hydrogens (tertiary/aromatic N) is 1. The molecule has 5 nitrogen and oxygen atoms in total. The first-order valence-electron chi connectivity index (χ1n) is 7.74. The number of amides is 2. The highest BCUT2D eigenvalue weighted by atomic mass is 19.4. The topological polar surface area (TPSA) is 69.6 Å². The molecule has 1 fully saturated rings.